The molecule has 30 heavy (non-hydrogen) atoms. The fourth-order valence-corrected chi connectivity index (χ4v) is 4.59. The number of aryl methyl sites for hydroxylation is 1. The van der Waals surface area contributed by atoms with Crippen LogP contribution in [-0.2, 0) is 29.1 Å². The minimum atomic E-state index is -3.77. The largest absolute Gasteiger partial charge is 0.465 e. The van der Waals surface area contributed by atoms with Gasteiger partial charge in [0, 0.05) is 12.1 Å². The zero-order chi connectivity index (χ0) is 22.1. The third-order valence-electron chi connectivity index (χ3n) is 4.74. The van der Waals surface area contributed by atoms with E-state index in [2.05, 4.69) is 9.47 Å². The van der Waals surface area contributed by atoms with Crippen LogP contribution < -0.4 is 0 Å². The van der Waals surface area contributed by atoms with E-state index in [0.29, 0.717) is 5.56 Å². The Morgan fingerprint density at radius 2 is 1.67 bits per heavy atom. The monoisotopic (exact) mass is 433 g/mol. The maximum atomic E-state index is 14.6. The molecule has 2 aromatic rings. The number of methoxy groups -OCH3 is 2. The summed E-state index contributed by atoms with van der Waals surface area (Å²) in [4.78, 5) is 24.0. The molecule has 1 saturated heterocycles. The summed E-state index contributed by atoms with van der Waals surface area (Å²) in [6, 6.07) is 9.93. The van der Waals surface area contributed by atoms with Crippen LogP contribution in [0, 0.1) is 12.7 Å². The zero-order valence-corrected chi connectivity index (χ0v) is 17.4. The normalized spacial score (nSPS) is 17.7. The molecule has 0 saturated carbocycles. The van der Waals surface area contributed by atoms with Crippen molar-refractivity contribution in [2.75, 3.05) is 20.8 Å². The molecule has 0 aromatic heterocycles. The van der Waals surface area contributed by atoms with E-state index < -0.39 is 39.4 Å². The first-order valence-corrected chi connectivity index (χ1v) is 10.4. The molecule has 1 aliphatic heterocycles. The van der Waals surface area contributed by atoms with Gasteiger partial charge in [0.2, 0.25) is 10.0 Å². The summed E-state index contributed by atoms with van der Waals surface area (Å²) in [7, 11) is -1.61. The second-order valence-corrected chi connectivity index (χ2v) is 8.58. The van der Waals surface area contributed by atoms with E-state index in [0.717, 1.165) is 31.9 Å². The van der Waals surface area contributed by atoms with Crippen LogP contribution in [-0.4, -0.2) is 45.4 Å². The van der Waals surface area contributed by atoms with Gasteiger partial charge >= 0.3 is 11.9 Å². The van der Waals surface area contributed by atoms with Crippen LogP contribution in [0.1, 0.15) is 22.7 Å². The topological polar surface area (TPSA) is 89.8 Å². The van der Waals surface area contributed by atoms with Gasteiger partial charge < -0.3 is 9.47 Å². The molecule has 1 aliphatic rings. The number of sulfonamides is 1. The summed E-state index contributed by atoms with van der Waals surface area (Å²) in [6.07, 6.45) is 1.03. The number of hydrogen-bond acceptors (Lipinski definition) is 6. The van der Waals surface area contributed by atoms with Crippen LogP contribution in [0.4, 0.5) is 4.39 Å². The van der Waals surface area contributed by atoms with Crippen LogP contribution in [0.25, 0.3) is 6.08 Å². The first-order valence-electron chi connectivity index (χ1n) is 8.96. The lowest BCUT2D eigenvalue weighted by Gasteiger charge is -2.11. The van der Waals surface area contributed by atoms with Gasteiger partial charge in [0.15, 0.2) is 0 Å². The zero-order valence-electron chi connectivity index (χ0n) is 16.6. The number of nitrogens with zero attached hydrogens (tertiary/aromatic N) is 1. The van der Waals surface area contributed by atoms with Crippen molar-refractivity contribution < 1.29 is 31.9 Å². The van der Waals surface area contributed by atoms with Gasteiger partial charge in [-0.25, -0.2) is 22.4 Å². The van der Waals surface area contributed by atoms with E-state index in [9.17, 15) is 22.4 Å². The fraction of sp³-hybridized carbons (Fsp3) is 0.238. The number of halogens is 1. The Morgan fingerprint density at radius 1 is 1.07 bits per heavy atom. The molecular formula is C21H20FNO6S. The van der Waals surface area contributed by atoms with E-state index in [1.54, 1.807) is 18.2 Å². The molecule has 0 bridgehead atoms. The summed E-state index contributed by atoms with van der Waals surface area (Å²) in [5, 5.41) is 0. The Balaban J connectivity index is 2.00. The number of esters is 2. The fourth-order valence-electron chi connectivity index (χ4n) is 3.05. The van der Waals surface area contributed by atoms with E-state index in [1.165, 1.54) is 22.5 Å². The lowest BCUT2D eigenvalue weighted by molar-refractivity contribution is -0.143. The van der Waals surface area contributed by atoms with Crippen molar-refractivity contribution in [1.29, 1.82) is 0 Å². The smallest absolute Gasteiger partial charge is 0.345 e. The van der Waals surface area contributed by atoms with Gasteiger partial charge in [-0.05, 0) is 36.8 Å². The summed E-state index contributed by atoms with van der Waals surface area (Å²) >= 11 is 0. The predicted octanol–water partition coefficient (Wildman–Crippen LogP) is 2.61. The number of rotatable bonds is 6. The number of carbonyl (C=O) groups is 2. The van der Waals surface area contributed by atoms with Crippen molar-refractivity contribution in [2.45, 2.75) is 17.9 Å². The molecule has 0 spiro atoms. The highest BCUT2D eigenvalue weighted by Gasteiger charge is 2.46. The maximum Gasteiger partial charge on any atom is 0.345 e. The van der Waals surface area contributed by atoms with Crippen LogP contribution in [0.2, 0.25) is 0 Å². The molecule has 1 fully saturated rings. The van der Waals surface area contributed by atoms with Gasteiger partial charge in [0.1, 0.15) is 11.4 Å². The molecule has 1 heterocycles. The van der Waals surface area contributed by atoms with Crippen LogP contribution in [0.5, 0.6) is 0 Å². The first-order chi connectivity index (χ1) is 14.2. The van der Waals surface area contributed by atoms with Crippen LogP contribution >= 0.6 is 0 Å². The number of carbonyl (C=O) groups excluding carboxylic acids is 2. The first kappa shape index (κ1) is 21.7. The maximum absolute atomic E-state index is 14.6. The molecule has 3 rings (SSSR count). The highest BCUT2D eigenvalue weighted by Crippen LogP contribution is 2.42. The van der Waals surface area contributed by atoms with Gasteiger partial charge in [-0.1, -0.05) is 29.8 Å². The van der Waals surface area contributed by atoms with Gasteiger partial charge in [-0.3, -0.25) is 0 Å². The lowest BCUT2D eigenvalue weighted by atomic mass is 10.0. The van der Waals surface area contributed by atoms with Crippen molar-refractivity contribution in [3.05, 3.63) is 70.5 Å². The minimum absolute atomic E-state index is 0.0742. The quantitative estimate of drug-likeness (QED) is 0.229. The number of hydrogen-bond donors (Lipinski definition) is 0. The molecular weight excluding hydrogens is 413 g/mol. The molecule has 0 amide bonds. The number of ether oxygens (including phenoxy) is 2. The minimum Gasteiger partial charge on any atom is -0.465 e. The average molecular weight is 433 g/mol. The standard InChI is InChI=1S/C21H20FNO6S/c1-13-7-9-14(10-8-13)30(26,27)23-12-19(23)15-5-4-6-18(22)16(15)11-17(20(24)28-2)21(25)29-3/h4-11,19H,12H2,1-3H3. The predicted molar refractivity (Wildman–Crippen MR) is 106 cm³/mol. The molecule has 0 aliphatic carbocycles. The van der Waals surface area contributed by atoms with Gasteiger partial charge in [-0.15, -0.1) is 0 Å². The Bertz CT molecular complexity index is 1110. The van der Waals surface area contributed by atoms with Gasteiger partial charge in [0.05, 0.1) is 25.2 Å². The van der Waals surface area contributed by atoms with Crippen LogP contribution in [0.3, 0.4) is 0 Å². The number of benzene rings is 2. The van der Waals surface area contributed by atoms with Crippen molar-refractivity contribution in [3.63, 3.8) is 0 Å². The summed E-state index contributed by atoms with van der Waals surface area (Å²) in [5.74, 6) is -2.69. The Hall–Kier alpha value is -3.04. The lowest BCUT2D eigenvalue weighted by Crippen LogP contribution is -2.16. The molecule has 2 atom stereocenters. The summed E-state index contributed by atoms with van der Waals surface area (Å²) in [6.45, 7) is 1.99. The van der Waals surface area contributed by atoms with Gasteiger partial charge in [-0.2, -0.15) is 4.31 Å². The Kier molecular flexibility index (Phi) is 6.04. The second kappa shape index (κ2) is 8.37. The van der Waals surface area contributed by atoms with E-state index in [-0.39, 0.29) is 17.0 Å². The van der Waals surface area contributed by atoms with Crippen LogP contribution in [0.15, 0.2) is 52.9 Å². The van der Waals surface area contributed by atoms with Crippen molar-refractivity contribution in [3.8, 4) is 0 Å². The molecule has 9 heteroatoms. The van der Waals surface area contributed by atoms with E-state index in [1.807, 2.05) is 6.92 Å². The van der Waals surface area contributed by atoms with Gasteiger partial charge in [0.25, 0.3) is 0 Å². The van der Waals surface area contributed by atoms with E-state index in [4.69, 9.17) is 0 Å². The highest BCUT2D eigenvalue weighted by atomic mass is 32.2. The molecule has 7 nitrogen and oxygen atoms in total. The molecule has 0 N–H and O–H groups in total. The Morgan fingerprint density at radius 3 is 2.23 bits per heavy atom. The third-order valence-corrected chi connectivity index (χ3v) is 6.63. The molecule has 0 radical (unpaired) electrons. The van der Waals surface area contributed by atoms with Crippen molar-refractivity contribution in [1.82, 2.24) is 4.31 Å². The summed E-state index contributed by atoms with van der Waals surface area (Å²) in [5.41, 5.74) is 0.679. The van der Waals surface area contributed by atoms with Crippen molar-refractivity contribution >= 4 is 28.0 Å². The highest BCUT2D eigenvalue weighted by molar-refractivity contribution is 7.89. The average Bonchev–Trinajstić information content (AvgIpc) is 3.53. The molecule has 2 aromatic carbocycles. The van der Waals surface area contributed by atoms with Crippen molar-refractivity contribution in [2.24, 2.45) is 0 Å². The summed E-state index contributed by atoms with van der Waals surface area (Å²) < 4.78 is 50.7. The molecule has 158 valence electrons. The Labute approximate surface area is 173 Å². The third kappa shape index (κ3) is 4.12. The SMILES string of the molecule is COC(=O)C(=Cc1c(F)cccc1C1CN1S(=O)(=O)c1ccc(C)cc1)C(=O)OC. The van der Waals surface area contributed by atoms with E-state index >= 15 is 0 Å². The second-order valence-electron chi connectivity index (χ2n) is 6.69. The molecule has 2 unspecified atom stereocenters.